The molecule has 0 spiro atoms. The van der Waals surface area contributed by atoms with E-state index in [2.05, 4.69) is 26.1 Å². The Morgan fingerprint density at radius 1 is 1.35 bits per heavy atom. The summed E-state index contributed by atoms with van der Waals surface area (Å²) in [6.45, 7) is 5.97. The SMILES string of the molecule is CCN1CCn2c(nc3cc(NS(C)(=O)=O)ccc32)C1. The van der Waals surface area contributed by atoms with E-state index >= 15 is 0 Å². The first-order valence-electron chi connectivity index (χ1n) is 6.65. The molecule has 0 saturated carbocycles. The molecule has 0 amide bonds. The van der Waals surface area contributed by atoms with Gasteiger partial charge in [-0.05, 0) is 24.7 Å². The molecule has 2 heterocycles. The standard InChI is InChI=1S/C13H18N4O2S/c1-3-16-6-7-17-12-5-4-10(15-20(2,18)19)8-11(12)14-13(17)9-16/h4-5,8,15H,3,6-7,9H2,1-2H3. The molecule has 1 aliphatic heterocycles. The monoisotopic (exact) mass is 294 g/mol. The quantitative estimate of drug-likeness (QED) is 0.925. The minimum Gasteiger partial charge on any atom is -0.326 e. The number of sulfonamides is 1. The summed E-state index contributed by atoms with van der Waals surface area (Å²) in [5.74, 6) is 1.05. The van der Waals surface area contributed by atoms with Gasteiger partial charge in [0.25, 0.3) is 0 Å². The molecule has 3 rings (SSSR count). The van der Waals surface area contributed by atoms with Crippen LogP contribution in [0, 0.1) is 0 Å². The Balaban J connectivity index is 2.00. The number of nitrogens with zero attached hydrogens (tertiary/aromatic N) is 3. The number of aromatic nitrogens is 2. The van der Waals surface area contributed by atoms with Crippen molar-refractivity contribution in [2.45, 2.75) is 20.0 Å². The van der Waals surface area contributed by atoms with E-state index in [1.165, 1.54) is 0 Å². The van der Waals surface area contributed by atoms with Crippen molar-refractivity contribution in [3.63, 3.8) is 0 Å². The molecule has 0 bridgehead atoms. The van der Waals surface area contributed by atoms with Gasteiger partial charge in [0.1, 0.15) is 5.82 Å². The van der Waals surface area contributed by atoms with Crippen LogP contribution in [0.3, 0.4) is 0 Å². The third-order valence-electron chi connectivity index (χ3n) is 3.58. The lowest BCUT2D eigenvalue weighted by Crippen LogP contribution is -2.33. The summed E-state index contributed by atoms with van der Waals surface area (Å²) in [5, 5.41) is 0. The van der Waals surface area contributed by atoms with Crippen molar-refractivity contribution in [2.75, 3.05) is 24.1 Å². The highest BCUT2D eigenvalue weighted by atomic mass is 32.2. The first-order chi connectivity index (χ1) is 9.46. The van der Waals surface area contributed by atoms with Gasteiger partial charge in [0.2, 0.25) is 10.0 Å². The van der Waals surface area contributed by atoms with Crippen LogP contribution in [0.15, 0.2) is 18.2 Å². The highest BCUT2D eigenvalue weighted by Crippen LogP contribution is 2.23. The van der Waals surface area contributed by atoms with E-state index in [1.54, 1.807) is 12.1 Å². The smallest absolute Gasteiger partial charge is 0.229 e. The number of anilines is 1. The Morgan fingerprint density at radius 3 is 2.85 bits per heavy atom. The third kappa shape index (κ3) is 2.51. The Hall–Kier alpha value is -1.60. The Kier molecular flexibility index (Phi) is 3.18. The summed E-state index contributed by atoms with van der Waals surface area (Å²) in [6.07, 6.45) is 1.15. The van der Waals surface area contributed by atoms with Crippen molar-refractivity contribution in [1.29, 1.82) is 0 Å². The molecule has 1 N–H and O–H groups in total. The first kappa shape index (κ1) is 13.4. The Labute approximate surface area is 118 Å². The minimum absolute atomic E-state index is 0.558. The van der Waals surface area contributed by atoms with E-state index in [0.29, 0.717) is 5.69 Å². The van der Waals surface area contributed by atoms with Crippen LogP contribution in [0.5, 0.6) is 0 Å². The molecule has 2 aromatic rings. The molecular weight excluding hydrogens is 276 g/mol. The van der Waals surface area contributed by atoms with E-state index < -0.39 is 10.0 Å². The number of hydrogen-bond donors (Lipinski definition) is 1. The fourth-order valence-electron chi connectivity index (χ4n) is 2.62. The average Bonchev–Trinajstić information content (AvgIpc) is 2.72. The van der Waals surface area contributed by atoms with Crippen molar-refractivity contribution in [1.82, 2.24) is 14.5 Å². The molecule has 1 aromatic heterocycles. The van der Waals surface area contributed by atoms with Gasteiger partial charge in [0.15, 0.2) is 0 Å². The number of rotatable bonds is 3. The van der Waals surface area contributed by atoms with Crippen LogP contribution in [0.4, 0.5) is 5.69 Å². The molecule has 0 radical (unpaired) electrons. The number of benzene rings is 1. The van der Waals surface area contributed by atoms with Crippen molar-refractivity contribution < 1.29 is 8.42 Å². The van der Waals surface area contributed by atoms with Crippen LogP contribution in [-0.4, -0.2) is 42.2 Å². The summed E-state index contributed by atoms with van der Waals surface area (Å²) in [6, 6.07) is 5.50. The van der Waals surface area contributed by atoms with Crippen molar-refractivity contribution >= 4 is 26.7 Å². The van der Waals surface area contributed by atoms with Gasteiger partial charge in [-0.3, -0.25) is 9.62 Å². The highest BCUT2D eigenvalue weighted by Gasteiger charge is 2.19. The third-order valence-corrected chi connectivity index (χ3v) is 4.19. The largest absolute Gasteiger partial charge is 0.326 e. The van der Waals surface area contributed by atoms with E-state index in [1.807, 2.05) is 6.07 Å². The molecule has 0 unspecified atom stereocenters. The van der Waals surface area contributed by atoms with E-state index in [4.69, 9.17) is 0 Å². The molecule has 0 aliphatic carbocycles. The summed E-state index contributed by atoms with van der Waals surface area (Å²) < 4.78 is 27.2. The maximum atomic E-state index is 11.3. The number of imidazole rings is 1. The minimum atomic E-state index is -3.25. The number of fused-ring (bicyclic) bond motifs is 3. The molecule has 0 fully saturated rings. The van der Waals surface area contributed by atoms with E-state index in [9.17, 15) is 8.42 Å². The number of hydrogen-bond acceptors (Lipinski definition) is 4. The van der Waals surface area contributed by atoms with Gasteiger partial charge in [-0.2, -0.15) is 0 Å². The number of nitrogens with one attached hydrogen (secondary N) is 1. The maximum absolute atomic E-state index is 11.3. The second-order valence-corrected chi connectivity index (χ2v) is 6.87. The van der Waals surface area contributed by atoms with Gasteiger partial charge in [0, 0.05) is 13.1 Å². The molecule has 20 heavy (non-hydrogen) atoms. The summed E-state index contributed by atoms with van der Waals surface area (Å²) in [5.41, 5.74) is 2.46. The van der Waals surface area contributed by atoms with E-state index in [0.717, 1.165) is 49.3 Å². The zero-order valence-corrected chi connectivity index (χ0v) is 12.4. The molecular formula is C13H18N4O2S. The molecule has 0 saturated heterocycles. The molecule has 0 atom stereocenters. The highest BCUT2D eigenvalue weighted by molar-refractivity contribution is 7.92. The zero-order valence-electron chi connectivity index (χ0n) is 11.6. The van der Waals surface area contributed by atoms with Crippen molar-refractivity contribution in [2.24, 2.45) is 0 Å². The molecule has 108 valence electrons. The molecule has 1 aromatic carbocycles. The average molecular weight is 294 g/mol. The molecule has 7 heteroatoms. The van der Waals surface area contributed by atoms with Crippen LogP contribution < -0.4 is 4.72 Å². The molecule has 6 nitrogen and oxygen atoms in total. The molecule has 1 aliphatic rings. The van der Waals surface area contributed by atoms with Crippen LogP contribution in [0.1, 0.15) is 12.7 Å². The second kappa shape index (κ2) is 4.75. The van der Waals surface area contributed by atoms with Gasteiger partial charge < -0.3 is 4.57 Å². The Bertz CT molecular complexity index is 751. The summed E-state index contributed by atoms with van der Waals surface area (Å²) >= 11 is 0. The van der Waals surface area contributed by atoms with Gasteiger partial charge >= 0.3 is 0 Å². The summed E-state index contributed by atoms with van der Waals surface area (Å²) in [7, 11) is -3.25. The van der Waals surface area contributed by atoms with Crippen LogP contribution in [0.2, 0.25) is 0 Å². The predicted molar refractivity (Wildman–Crippen MR) is 79.2 cm³/mol. The van der Waals surface area contributed by atoms with E-state index in [-0.39, 0.29) is 0 Å². The lowest BCUT2D eigenvalue weighted by atomic mass is 10.3. The first-order valence-corrected chi connectivity index (χ1v) is 8.55. The topological polar surface area (TPSA) is 67.2 Å². The fourth-order valence-corrected chi connectivity index (χ4v) is 3.17. The van der Waals surface area contributed by atoms with Crippen LogP contribution in [0.25, 0.3) is 11.0 Å². The fraction of sp³-hybridized carbons (Fsp3) is 0.462. The van der Waals surface area contributed by atoms with Crippen LogP contribution in [-0.2, 0) is 23.1 Å². The summed E-state index contributed by atoms with van der Waals surface area (Å²) in [4.78, 5) is 6.97. The van der Waals surface area contributed by atoms with Crippen molar-refractivity contribution in [3.8, 4) is 0 Å². The Morgan fingerprint density at radius 2 is 2.15 bits per heavy atom. The number of likely N-dealkylation sites (N-methyl/N-ethyl adjacent to an activating group) is 1. The van der Waals surface area contributed by atoms with Gasteiger partial charge in [-0.1, -0.05) is 6.92 Å². The van der Waals surface area contributed by atoms with Gasteiger partial charge in [0.05, 0.1) is 29.5 Å². The predicted octanol–water partition coefficient (Wildman–Crippen LogP) is 1.24. The zero-order chi connectivity index (χ0) is 14.3. The second-order valence-electron chi connectivity index (χ2n) is 5.13. The van der Waals surface area contributed by atoms with Crippen molar-refractivity contribution in [3.05, 3.63) is 24.0 Å². The van der Waals surface area contributed by atoms with Gasteiger partial charge in [-0.25, -0.2) is 13.4 Å². The van der Waals surface area contributed by atoms with Crippen LogP contribution >= 0.6 is 0 Å². The maximum Gasteiger partial charge on any atom is 0.229 e. The van der Waals surface area contributed by atoms with Gasteiger partial charge in [-0.15, -0.1) is 0 Å². The normalized spacial score (nSPS) is 16.3. The lowest BCUT2D eigenvalue weighted by Gasteiger charge is -2.26. The lowest BCUT2D eigenvalue weighted by molar-refractivity contribution is 0.230.